The Morgan fingerprint density at radius 3 is 2.36 bits per heavy atom. The summed E-state index contributed by atoms with van der Waals surface area (Å²) in [6, 6.07) is 3.51. The van der Waals surface area contributed by atoms with Crippen molar-refractivity contribution in [2.45, 2.75) is 32.3 Å². The highest BCUT2D eigenvalue weighted by molar-refractivity contribution is 5.95. The van der Waals surface area contributed by atoms with Crippen molar-refractivity contribution in [1.82, 2.24) is 14.9 Å². The van der Waals surface area contributed by atoms with Gasteiger partial charge in [0.25, 0.3) is 5.91 Å². The molecule has 5 nitrogen and oxygen atoms in total. The molecule has 0 aliphatic carbocycles. The van der Waals surface area contributed by atoms with Gasteiger partial charge in [0.15, 0.2) is 0 Å². The number of aryl methyl sites for hydroxylation is 2. The zero-order valence-electron chi connectivity index (χ0n) is 14.1. The van der Waals surface area contributed by atoms with Gasteiger partial charge in [-0.1, -0.05) is 6.07 Å². The van der Waals surface area contributed by atoms with Gasteiger partial charge in [-0.3, -0.25) is 4.79 Å². The van der Waals surface area contributed by atoms with Crippen molar-refractivity contribution in [1.29, 1.82) is 0 Å². The van der Waals surface area contributed by atoms with Gasteiger partial charge < -0.3 is 10.0 Å². The Balaban J connectivity index is 1.78. The lowest BCUT2D eigenvalue weighted by atomic mass is 9.83. The molecular formula is C18H19F2N3O2. The summed E-state index contributed by atoms with van der Waals surface area (Å²) in [5.41, 5.74) is -0.964. The molecule has 1 fully saturated rings. The molecule has 25 heavy (non-hydrogen) atoms. The molecule has 0 saturated carbocycles. The Labute approximate surface area is 144 Å². The number of hydrogen-bond acceptors (Lipinski definition) is 4. The summed E-state index contributed by atoms with van der Waals surface area (Å²) < 4.78 is 28.0. The van der Waals surface area contributed by atoms with E-state index in [9.17, 15) is 18.7 Å². The Bertz CT molecular complexity index is 798. The van der Waals surface area contributed by atoms with Gasteiger partial charge in [-0.05, 0) is 38.8 Å². The van der Waals surface area contributed by atoms with Crippen molar-refractivity contribution in [2.24, 2.45) is 0 Å². The van der Waals surface area contributed by atoms with E-state index in [4.69, 9.17) is 0 Å². The molecule has 1 aromatic carbocycles. The second kappa shape index (κ2) is 6.48. The molecule has 2 heterocycles. The number of carbonyl (C=O) groups excluding carboxylic acids is 1. The van der Waals surface area contributed by atoms with Crippen LogP contribution in [-0.4, -0.2) is 39.0 Å². The van der Waals surface area contributed by atoms with Crippen molar-refractivity contribution in [3.8, 4) is 0 Å². The first kappa shape index (κ1) is 17.4. The smallest absolute Gasteiger partial charge is 0.257 e. The predicted octanol–water partition coefficient (Wildman–Crippen LogP) is 2.50. The van der Waals surface area contributed by atoms with Crippen LogP contribution in [0.3, 0.4) is 0 Å². The zero-order valence-corrected chi connectivity index (χ0v) is 14.1. The standard InChI is InChI=1S/C18H19F2N3O2/c1-11-13(10-21-12(2)22-11)17(24)23-8-6-18(25,7-9-23)16-14(19)4-3-5-15(16)20/h3-5,10,25H,6-9H2,1-2H3. The van der Waals surface area contributed by atoms with E-state index in [1.54, 1.807) is 18.7 Å². The highest BCUT2D eigenvalue weighted by Gasteiger charge is 2.39. The molecule has 1 amide bonds. The summed E-state index contributed by atoms with van der Waals surface area (Å²) in [6.45, 7) is 3.86. The number of aliphatic hydroxyl groups is 1. The highest BCUT2D eigenvalue weighted by atomic mass is 19.1. The van der Waals surface area contributed by atoms with Crippen LogP contribution >= 0.6 is 0 Å². The second-order valence-electron chi connectivity index (χ2n) is 6.34. The third-order valence-electron chi connectivity index (χ3n) is 4.64. The minimum absolute atomic E-state index is 0.0579. The van der Waals surface area contributed by atoms with Crippen molar-refractivity contribution in [3.05, 3.63) is 58.7 Å². The summed E-state index contributed by atoms with van der Waals surface area (Å²) in [5, 5.41) is 10.7. The van der Waals surface area contributed by atoms with Gasteiger partial charge in [0.05, 0.1) is 22.4 Å². The Morgan fingerprint density at radius 2 is 1.80 bits per heavy atom. The first-order chi connectivity index (χ1) is 11.8. The maximum absolute atomic E-state index is 14.0. The number of piperidine rings is 1. The quantitative estimate of drug-likeness (QED) is 0.906. The molecule has 0 unspecified atom stereocenters. The number of hydrogen-bond donors (Lipinski definition) is 1. The molecule has 1 N–H and O–H groups in total. The first-order valence-electron chi connectivity index (χ1n) is 8.08. The van der Waals surface area contributed by atoms with Crippen LogP contribution in [0.25, 0.3) is 0 Å². The van der Waals surface area contributed by atoms with Crippen molar-refractivity contribution in [2.75, 3.05) is 13.1 Å². The molecule has 2 aromatic rings. The Kier molecular flexibility index (Phi) is 4.51. The lowest BCUT2D eigenvalue weighted by molar-refractivity contribution is -0.0262. The third kappa shape index (κ3) is 3.24. The monoisotopic (exact) mass is 347 g/mol. The zero-order chi connectivity index (χ0) is 18.2. The molecule has 132 valence electrons. The van der Waals surface area contributed by atoms with Crippen LogP contribution in [0.5, 0.6) is 0 Å². The molecule has 1 aliphatic rings. The fraction of sp³-hybridized carbons (Fsp3) is 0.389. The topological polar surface area (TPSA) is 66.3 Å². The van der Waals surface area contributed by atoms with Gasteiger partial charge >= 0.3 is 0 Å². The summed E-state index contributed by atoms with van der Waals surface area (Å²) >= 11 is 0. The molecule has 0 bridgehead atoms. The van der Waals surface area contributed by atoms with Crippen LogP contribution in [0.15, 0.2) is 24.4 Å². The van der Waals surface area contributed by atoms with Gasteiger partial charge in [0, 0.05) is 19.3 Å². The van der Waals surface area contributed by atoms with Gasteiger partial charge in [0.2, 0.25) is 0 Å². The molecule has 1 aliphatic heterocycles. The summed E-state index contributed by atoms with van der Waals surface area (Å²) in [7, 11) is 0. The lowest BCUT2D eigenvalue weighted by Crippen LogP contribution is -2.46. The molecule has 1 saturated heterocycles. The number of benzene rings is 1. The van der Waals surface area contributed by atoms with Crippen LogP contribution in [-0.2, 0) is 5.60 Å². The van der Waals surface area contributed by atoms with Crippen LogP contribution in [0.2, 0.25) is 0 Å². The van der Waals surface area contributed by atoms with Crippen molar-refractivity contribution < 1.29 is 18.7 Å². The minimum atomic E-state index is -1.62. The largest absolute Gasteiger partial charge is 0.385 e. The van der Waals surface area contributed by atoms with E-state index in [1.807, 2.05) is 0 Å². The van der Waals surface area contributed by atoms with Crippen LogP contribution in [0.1, 0.15) is 40.3 Å². The number of aromatic nitrogens is 2. The molecular weight excluding hydrogens is 328 g/mol. The Hall–Kier alpha value is -2.41. The molecule has 0 spiro atoms. The highest BCUT2D eigenvalue weighted by Crippen LogP contribution is 2.36. The van der Waals surface area contributed by atoms with Crippen molar-refractivity contribution in [3.63, 3.8) is 0 Å². The van der Waals surface area contributed by atoms with E-state index in [0.717, 1.165) is 12.1 Å². The Morgan fingerprint density at radius 1 is 1.20 bits per heavy atom. The van der Waals surface area contributed by atoms with Gasteiger partial charge in [-0.25, -0.2) is 18.7 Å². The van der Waals surface area contributed by atoms with E-state index in [0.29, 0.717) is 17.1 Å². The number of nitrogens with zero attached hydrogens (tertiary/aromatic N) is 3. The van der Waals surface area contributed by atoms with E-state index in [1.165, 1.54) is 12.3 Å². The summed E-state index contributed by atoms with van der Waals surface area (Å²) in [6.07, 6.45) is 1.60. The second-order valence-corrected chi connectivity index (χ2v) is 6.34. The summed E-state index contributed by atoms with van der Waals surface area (Å²) in [5.74, 6) is -1.21. The maximum Gasteiger partial charge on any atom is 0.257 e. The molecule has 7 heteroatoms. The fourth-order valence-electron chi connectivity index (χ4n) is 3.24. The van der Waals surface area contributed by atoms with E-state index in [-0.39, 0.29) is 37.4 Å². The van der Waals surface area contributed by atoms with Gasteiger partial charge in [-0.2, -0.15) is 0 Å². The van der Waals surface area contributed by atoms with Crippen LogP contribution in [0, 0.1) is 25.5 Å². The number of likely N-dealkylation sites (tertiary alicyclic amines) is 1. The van der Waals surface area contributed by atoms with E-state index >= 15 is 0 Å². The summed E-state index contributed by atoms with van der Waals surface area (Å²) in [4.78, 5) is 22.4. The SMILES string of the molecule is Cc1ncc(C(=O)N2CCC(O)(c3c(F)cccc3F)CC2)c(C)n1. The van der Waals surface area contributed by atoms with Crippen molar-refractivity contribution >= 4 is 5.91 Å². The molecule has 0 atom stereocenters. The minimum Gasteiger partial charge on any atom is -0.385 e. The third-order valence-corrected chi connectivity index (χ3v) is 4.64. The molecule has 1 aromatic heterocycles. The van der Waals surface area contributed by atoms with Crippen LogP contribution in [0.4, 0.5) is 8.78 Å². The van der Waals surface area contributed by atoms with Crippen LogP contribution < -0.4 is 0 Å². The average Bonchev–Trinajstić information content (AvgIpc) is 2.54. The predicted molar refractivity (Wildman–Crippen MR) is 86.9 cm³/mol. The first-order valence-corrected chi connectivity index (χ1v) is 8.08. The number of rotatable bonds is 2. The molecule has 3 rings (SSSR count). The number of amides is 1. The molecule has 0 radical (unpaired) electrons. The fourth-order valence-corrected chi connectivity index (χ4v) is 3.24. The van der Waals surface area contributed by atoms with E-state index in [2.05, 4.69) is 9.97 Å². The van der Waals surface area contributed by atoms with E-state index < -0.39 is 17.2 Å². The number of carbonyl (C=O) groups is 1. The van der Waals surface area contributed by atoms with Gasteiger partial charge in [-0.15, -0.1) is 0 Å². The van der Waals surface area contributed by atoms with Gasteiger partial charge in [0.1, 0.15) is 17.5 Å². The lowest BCUT2D eigenvalue weighted by Gasteiger charge is -2.38. The number of halogens is 2. The average molecular weight is 347 g/mol. The normalized spacial score (nSPS) is 16.8. The maximum atomic E-state index is 14.0.